The number of rotatable bonds is 12. The van der Waals surface area contributed by atoms with Crippen LogP contribution in [0.2, 0.25) is 0 Å². The largest absolute Gasteiger partial charge is 0.495 e. The zero-order valence-electron chi connectivity index (χ0n) is 31.6. The molecule has 0 saturated heterocycles. The van der Waals surface area contributed by atoms with Gasteiger partial charge in [-0.3, -0.25) is 18.7 Å². The Labute approximate surface area is 332 Å². The van der Waals surface area contributed by atoms with Crippen molar-refractivity contribution in [1.82, 2.24) is 19.1 Å². The van der Waals surface area contributed by atoms with E-state index in [2.05, 4.69) is 9.97 Å². The number of carbonyl (C=O) groups excluding carboxylic acids is 4. The Morgan fingerprint density at radius 1 is 0.600 bits per heavy atom. The van der Waals surface area contributed by atoms with Crippen LogP contribution in [-0.4, -0.2) is 113 Å². The van der Waals surface area contributed by atoms with Crippen molar-refractivity contribution in [2.24, 2.45) is 0 Å². The Kier molecular flexibility index (Phi) is 18.8. The molecule has 2 fully saturated rings. The molecule has 2 aromatic rings. The van der Waals surface area contributed by atoms with E-state index in [-0.39, 0.29) is 9.13 Å². The molecule has 4 rings (SSSR count). The first kappa shape index (κ1) is 52.8. The van der Waals surface area contributed by atoms with Crippen LogP contribution in [0.4, 0.5) is 57.5 Å². The number of ether oxygens (including phenoxy) is 2. The SMILES string of the molecule is CCC1(OC(=O)C(F)(F)CF)CCCCC1.CCC1(OC(=O)F)CCCCC1.O=C(O)C(F)(F)C(F)(F)C(=O)O.O=C(n1ccnc1)C(F)(F)C(F)(F)C(=O)n1ccnc1. The zero-order valence-corrected chi connectivity index (χ0v) is 31.6. The van der Waals surface area contributed by atoms with Gasteiger partial charge in [0.15, 0.2) is 6.67 Å². The van der Waals surface area contributed by atoms with Crippen LogP contribution in [0.25, 0.3) is 0 Å². The molecule has 14 nitrogen and oxygen atoms in total. The molecule has 26 heteroatoms. The minimum atomic E-state index is -5.60. The number of esters is 1. The Morgan fingerprint density at radius 2 is 0.933 bits per heavy atom. The van der Waals surface area contributed by atoms with E-state index < -0.39 is 83.4 Å². The predicted molar refractivity (Wildman–Crippen MR) is 178 cm³/mol. The Balaban J connectivity index is 0.000000410. The summed E-state index contributed by atoms with van der Waals surface area (Å²) in [6.45, 7) is 1.74. The molecule has 2 heterocycles. The van der Waals surface area contributed by atoms with E-state index in [1.54, 1.807) is 6.92 Å². The molecule has 340 valence electrons. The van der Waals surface area contributed by atoms with E-state index in [0.29, 0.717) is 31.9 Å². The lowest BCUT2D eigenvalue weighted by Crippen LogP contribution is -2.55. The van der Waals surface area contributed by atoms with Gasteiger partial charge in [0.25, 0.3) is 0 Å². The monoisotopic (exact) mass is 892 g/mol. The number of carboxylic acids is 2. The number of carbonyl (C=O) groups is 6. The van der Waals surface area contributed by atoms with Gasteiger partial charge in [0, 0.05) is 24.8 Å². The molecule has 2 N–H and O–H groups in total. The predicted octanol–water partition coefficient (Wildman–Crippen LogP) is 8.21. The van der Waals surface area contributed by atoms with Crippen molar-refractivity contribution in [3.8, 4) is 0 Å². The van der Waals surface area contributed by atoms with Gasteiger partial charge in [-0.15, -0.1) is 4.39 Å². The molecule has 2 aromatic heterocycles. The fourth-order valence-electron chi connectivity index (χ4n) is 5.56. The molecule has 2 aliphatic carbocycles. The van der Waals surface area contributed by atoms with Gasteiger partial charge in [-0.1, -0.05) is 26.7 Å². The van der Waals surface area contributed by atoms with Gasteiger partial charge in [0.2, 0.25) is 0 Å². The third kappa shape index (κ3) is 13.1. The first-order valence-corrected chi connectivity index (χ1v) is 17.7. The molecule has 0 radical (unpaired) electrons. The van der Waals surface area contributed by atoms with Crippen molar-refractivity contribution in [2.75, 3.05) is 6.67 Å². The topological polar surface area (TPSA) is 197 Å². The number of imidazole rings is 2. The highest BCUT2D eigenvalue weighted by Gasteiger charge is 2.68. The van der Waals surface area contributed by atoms with E-state index in [1.807, 2.05) is 6.92 Å². The Bertz CT molecular complexity index is 1650. The van der Waals surface area contributed by atoms with E-state index in [0.717, 1.165) is 76.2 Å². The first-order valence-electron chi connectivity index (χ1n) is 17.7. The van der Waals surface area contributed by atoms with Crippen molar-refractivity contribution in [3.05, 3.63) is 37.4 Å². The van der Waals surface area contributed by atoms with Crippen LogP contribution in [0.1, 0.15) is 100 Å². The normalized spacial score (nSPS) is 16.5. The van der Waals surface area contributed by atoms with Crippen LogP contribution in [-0.2, 0) is 23.9 Å². The number of halogens is 12. The minimum Gasteiger partial charge on any atom is -0.477 e. The lowest BCUT2D eigenvalue weighted by molar-refractivity contribution is -0.231. The van der Waals surface area contributed by atoms with Gasteiger partial charge in [-0.25, -0.2) is 33.5 Å². The Hall–Kier alpha value is -5.20. The molecule has 0 bridgehead atoms. The fourth-order valence-corrected chi connectivity index (χ4v) is 5.56. The lowest BCUT2D eigenvalue weighted by atomic mass is 9.82. The number of aromatic nitrogens is 4. The highest BCUT2D eigenvalue weighted by atomic mass is 19.3. The maximum atomic E-state index is 13.6. The quantitative estimate of drug-likeness (QED) is 0.118. The third-order valence-corrected chi connectivity index (χ3v) is 9.23. The third-order valence-electron chi connectivity index (χ3n) is 9.23. The van der Waals surface area contributed by atoms with Crippen LogP contribution < -0.4 is 0 Å². The van der Waals surface area contributed by atoms with E-state index in [1.165, 1.54) is 6.42 Å². The standard InChI is InChI=1S/C11H17F3O2.C10H6F4N4O2.C9H15FO2.C4H2F4O4/c1-2-10(6-4-3-5-7-10)16-9(15)11(13,14)8-12;11-9(12,7(19)17-3-1-15-5-17)10(13,14)8(20)18-4-2-16-6-18;1-2-9(12-8(10)11)6-4-3-5-7-9;5-3(6,1(9)10)4(7,8)2(11)12/h2-8H2,1H3;1-6H;2-7H2,1H3;(H,9,10)(H,11,12). The second-order valence-electron chi connectivity index (χ2n) is 13.2. The molecular formula is C34H40F12N4O10. The van der Waals surface area contributed by atoms with Crippen LogP contribution >= 0.6 is 0 Å². The summed E-state index contributed by atoms with van der Waals surface area (Å²) in [5.41, 5.74) is -1.28. The maximum Gasteiger partial charge on any atom is 0.495 e. The number of carboxylic acid groups (broad SMARTS) is 2. The molecule has 2 aliphatic rings. The van der Waals surface area contributed by atoms with Gasteiger partial charge >= 0.3 is 65.6 Å². The molecule has 0 aliphatic heterocycles. The van der Waals surface area contributed by atoms with Gasteiger partial charge < -0.3 is 19.7 Å². The summed E-state index contributed by atoms with van der Waals surface area (Å²) >= 11 is 0. The minimum absolute atomic E-state index is 0.176. The van der Waals surface area contributed by atoms with Crippen LogP contribution in [0.3, 0.4) is 0 Å². The summed E-state index contributed by atoms with van der Waals surface area (Å²) in [5, 5.41) is 15.1. The molecule has 0 atom stereocenters. The Morgan fingerprint density at radius 3 is 1.18 bits per heavy atom. The van der Waals surface area contributed by atoms with Crippen molar-refractivity contribution >= 4 is 35.9 Å². The zero-order chi connectivity index (χ0) is 46.4. The molecule has 60 heavy (non-hydrogen) atoms. The molecule has 0 amide bonds. The van der Waals surface area contributed by atoms with Crippen LogP contribution in [0, 0.1) is 0 Å². The molecule has 2 saturated carbocycles. The average molecular weight is 893 g/mol. The number of alkyl halides is 11. The van der Waals surface area contributed by atoms with Gasteiger partial charge in [0.05, 0.1) is 0 Å². The molecular weight excluding hydrogens is 852 g/mol. The lowest BCUT2D eigenvalue weighted by Gasteiger charge is -2.36. The number of nitrogens with zero attached hydrogens (tertiary/aromatic N) is 4. The van der Waals surface area contributed by atoms with Crippen LogP contribution in [0.15, 0.2) is 37.4 Å². The molecule has 0 aromatic carbocycles. The number of hydrogen-bond acceptors (Lipinski definition) is 10. The maximum absolute atomic E-state index is 13.6. The van der Waals surface area contributed by atoms with E-state index in [4.69, 9.17) is 19.7 Å². The highest BCUT2D eigenvalue weighted by Crippen LogP contribution is 2.39. The highest BCUT2D eigenvalue weighted by molar-refractivity contribution is 5.97. The van der Waals surface area contributed by atoms with Crippen molar-refractivity contribution < 1.29 is 101 Å². The smallest absolute Gasteiger partial charge is 0.477 e. The summed E-state index contributed by atoms with van der Waals surface area (Å²) in [6, 6.07) is 0. The summed E-state index contributed by atoms with van der Waals surface area (Å²) < 4.78 is 161. The number of hydrogen-bond donors (Lipinski definition) is 2. The van der Waals surface area contributed by atoms with Gasteiger partial charge in [0.1, 0.15) is 23.9 Å². The van der Waals surface area contributed by atoms with Crippen molar-refractivity contribution in [3.63, 3.8) is 0 Å². The second kappa shape index (κ2) is 21.4. The fraction of sp³-hybridized carbons (Fsp3) is 0.647. The number of aliphatic carboxylic acids is 2. The van der Waals surface area contributed by atoms with Crippen molar-refractivity contribution in [1.29, 1.82) is 0 Å². The molecule has 0 spiro atoms. The van der Waals surface area contributed by atoms with E-state index >= 15 is 0 Å². The van der Waals surface area contributed by atoms with Crippen LogP contribution in [0.5, 0.6) is 0 Å². The van der Waals surface area contributed by atoms with Gasteiger partial charge in [-0.05, 0) is 64.2 Å². The second-order valence-corrected chi connectivity index (χ2v) is 13.2. The summed E-state index contributed by atoms with van der Waals surface area (Å²) in [6.07, 6.45) is 13.2. The average Bonchev–Trinajstić information content (AvgIpc) is 3.94. The van der Waals surface area contributed by atoms with E-state index in [9.17, 15) is 81.5 Å². The van der Waals surface area contributed by atoms with Crippen molar-refractivity contribution in [2.45, 2.75) is 132 Å². The summed E-state index contributed by atoms with van der Waals surface area (Å²) in [4.78, 5) is 69.6. The summed E-state index contributed by atoms with van der Waals surface area (Å²) in [5.74, 6) is -38.3. The molecule has 0 unspecified atom stereocenters. The first-order chi connectivity index (χ1) is 27.6. The summed E-state index contributed by atoms with van der Waals surface area (Å²) in [7, 11) is 0. The van der Waals surface area contributed by atoms with Gasteiger partial charge in [-0.2, -0.15) is 43.9 Å².